The summed E-state index contributed by atoms with van der Waals surface area (Å²) in [6, 6.07) is -0.216. The van der Waals surface area contributed by atoms with Crippen molar-refractivity contribution in [3.05, 3.63) is 18.1 Å². The fourth-order valence-corrected chi connectivity index (χ4v) is 3.10. The zero-order valence-electron chi connectivity index (χ0n) is 12.2. The van der Waals surface area contributed by atoms with Gasteiger partial charge in [0, 0.05) is 19.5 Å². The summed E-state index contributed by atoms with van der Waals surface area (Å²) in [6.07, 6.45) is 9.37. The molecule has 1 fully saturated rings. The number of aromatic nitrogens is 2. The quantitative estimate of drug-likeness (QED) is 0.608. The molecule has 2 atom stereocenters. The Morgan fingerprint density at radius 2 is 1.90 bits per heavy atom. The van der Waals surface area contributed by atoms with Crippen molar-refractivity contribution in [3.8, 4) is 5.88 Å². The molecule has 20 heavy (non-hydrogen) atoms. The number of hydrazine groups is 1. The zero-order chi connectivity index (χ0) is 14.4. The van der Waals surface area contributed by atoms with E-state index in [4.69, 9.17) is 15.3 Å². The van der Waals surface area contributed by atoms with Crippen LogP contribution < -0.4 is 16.0 Å². The molecule has 1 aromatic rings. The van der Waals surface area contributed by atoms with Gasteiger partial charge in [0.2, 0.25) is 5.88 Å². The van der Waals surface area contributed by atoms with Gasteiger partial charge in [-0.25, -0.2) is 10.4 Å². The number of hydrogen-bond acceptors (Lipinski definition) is 6. The van der Waals surface area contributed by atoms with Crippen LogP contribution >= 0.6 is 0 Å². The molecule has 6 nitrogen and oxygen atoms in total. The molecule has 0 spiro atoms. The zero-order valence-corrected chi connectivity index (χ0v) is 12.2. The maximum Gasteiger partial charge on any atom is 0.237 e. The molecule has 0 bridgehead atoms. The third kappa shape index (κ3) is 3.26. The van der Waals surface area contributed by atoms with Gasteiger partial charge in [0.1, 0.15) is 5.69 Å². The molecule has 3 N–H and O–H groups in total. The Hall–Kier alpha value is -1.24. The van der Waals surface area contributed by atoms with Gasteiger partial charge in [-0.1, -0.05) is 19.3 Å². The van der Waals surface area contributed by atoms with Crippen LogP contribution in [0.15, 0.2) is 12.4 Å². The van der Waals surface area contributed by atoms with Crippen molar-refractivity contribution in [3.63, 3.8) is 0 Å². The average Bonchev–Trinajstić information content (AvgIpc) is 2.53. The molecule has 2 rings (SSSR count). The van der Waals surface area contributed by atoms with Crippen LogP contribution in [-0.4, -0.2) is 30.3 Å². The highest BCUT2D eigenvalue weighted by Crippen LogP contribution is 2.35. The summed E-state index contributed by atoms with van der Waals surface area (Å²) in [7, 11) is 3.32. The number of rotatable bonds is 6. The number of nitrogens with two attached hydrogens (primary N) is 1. The van der Waals surface area contributed by atoms with Gasteiger partial charge in [-0.3, -0.25) is 10.8 Å². The monoisotopic (exact) mass is 280 g/mol. The first-order valence-corrected chi connectivity index (χ1v) is 7.15. The van der Waals surface area contributed by atoms with Crippen LogP contribution in [0.1, 0.15) is 43.8 Å². The number of methoxy groups -OCH3 is 2. The molecule has 0 radical (unpaired) electrons. The molecule has 2 unspecified atom stereocenters. The van der Waals surface area contributed by atoms with Crippen molar-refractivity contribution in [2.45, 2.75) is 44.2 Å². The number of nitrogens with zero attached hydrogens (tertiary/aromatic N) is 2. The van der Waals surface area contributed by atoms with E-state index < -0.39 is 0 Å². The molecule has 6 heteroatoms. The second-order valence-electron chi connectivity index (χ2n) is 5.19. The summed E-state index contributed by atoms with van der Waals surface area (Å²) in [6.45, 7) is 0. The van der Waals surface area contributed by atoms with E-state index in [2.05, 4.69) is 15.4 Å². The predicted molar refractivity (Wildman–Crippen MR) is 76.0 cm³/mol. The second kappa shape index (κ2) is 7.52. The SMILES string of the molecule is COc1nccnc1C(NN)C(OC)C1CCCCC1. The van der Waals surface area contributed by atoms with Crippen LogP contribution in [0.25, 0.3) is 0 Å². The second-order valence-corrected chi connectivity index (χ2v) is 5.19. The molecule has 112 valence electrons. The number of nitrogens with one attached hydrogen (secondary N) is 1. The lowest BCUT2D eigenvalue weighted by Gasteiger charge is -2.34. The molecule has 1 aromatic heterocycles. The van der Waals surface area contributed by atoms with E-state index >= 15 is 0 Å². The fraction of sp³-hybridized carbons (Fsp3) is 0.714. The molecule has 0 saturated heterocycles. The molecule has 0 amide bonds. The topological polar surface area (TPSA) is 82.3 Å². The fourth-order valence-electron chi connectivity index (χ4n) is 3.10. The largest absolute Gasteiger partial charge is 0.480 e. The van der Waals surface area contributed by atoms with Crippen molar-refractivity contribution in [1.29, 1.82) is 0 Å². The van der Waals surface area contributed by atoms with Gasteiger partial charge < -0.3 is 9.47 Å². The Morgan fingerprint density at radius 1 is 1.20 bits per heavy atom. The van der Waals surface area contributed by atoms with Crippen LogP contribution in [0.4, 0.5) is 0 Å². The molecule has 1 heterocycles. The molecule has 1 saturated carbocycles. The van der Waals surface area contributed by atoms with Crippen LogP contribution in [-0.2, 0) is 4.74 Å². The van der Waals surface area contributed by atoms with Crippen molar-refractivity contribution in [1.82, 2.24) is 15.4 Å². The summed E-state index contributed by atoms with van der Waals surface area (Å²) in [5.74, 6) is 6.74. The van der Waals surface area contributed by atoms with Gasteiger partial charge in [-0.05, 0) is 18.8 Å². The molecule has 0 aromatic carbocycles. The first-order chi connectivity index (χ1) is 9.81. The van der Waals surface area contributed by atoms with Gasteiger partial charge in [-0.15, -0.1) is 0 Å². The van der Waals surface area contributed by atoms with Crippen LogP contribution in [0, 0.1) is 5.92 Å². The van der Waals surface area contributed by atoms with E-state index in [-0.39, 0.29) is 12.1 Å². The number of hydrogen-bond donors (Lipinski definition) is 2. The minimum atomic E-state index is -0.216. The predicted octanol–water partition coefficient (Wildman–Crippen LogP) is 1.58. The van der Waals surface area contributed by atoms with Crippen molar-refractivity contribution in [2.24, 2.45) is 11.8 Å². The van der Waals surface area contributed by atoms with Crippen molar-refractivity contribution in [2.75, 3.05) is 14.2 Å². The third-order valence-corrected chi connectivity index (χ3v) is 4.07. The first kappa shape index (κ1) is 15.2. The van der Waals surface area contributed by atoms with E-state index in [1.165, 1.54) is 32.1 Å². The lowest BCUT2D eigenvalue weighted by molar-refractivity contribution is 0.00570. The Labute approximate surface area is 120 Å². The molecule has 1 aliphatic rings. The van der Waals surface area contributed by atoms with Gasteiger partial charge in [0.15, 0.2) is 0 Å². The van der Waals surface area contributed by atoms with E-state index in [0.717, 1.165) is 0 Å². The summed E-state index contributed by atoms with van der Waals surface area (Å²) in [5, 5.41) is 0. The Morgan fingerprint density at radius 3 is 2.50 bits per heavy atom. The Bertz CT molecular complexity index is 410. The smallest absolute Gasteiger partial charge is 0.237 e. The first-order valence-electron chi connectivity index (χ1n) is 7.15. The van der Waals surface area contributed by atoms with Crippen LogP contribution in [0.2, 0.25) is 0 Å². The standard InChI is InChI=1S/C14H24N4O2/c1-19-13(10-6-4-3-5-7-10)11(18-15)12-14(20-2)17-9-8-16-12/h8-11,13,18H,3-7,15H2,1-2H3. The maximum absolute atomic E-state index is 5.76. The van der Waals surface area contributed by atoms with Crippen LogP contribution in [0.5, 0.6) is 5.88 Å². The molecular formula is C14H24N4O2. The summed E-state index contributed by atoms with van der Waals surface area (Å²) < 4.78 is 11.0. The highest BCUT2D eigenvalue weighted by atomic mass is 16.5. The normalized spacial score (nSPS) is 19.6. The van der Waals surface area contributed by atoms with Gasteiger partial charge in [0.25, 0.3) is 0 Å². The Kier molecular flexibility index (Phi) is 5.70. The van der Waals surface area contributed by atoms with Crippen LogP contribution in [0.3, 0.4) is 0 Å². The lowest BCUT2D eigenvalue weighted by atomic mass is 9.82. The van der Waals surface area contributed by atoms with Crippen molar-refractivity contribution >= 4 is 0 Å². The van der Waals surface area contributed by atoms with E-state index in [9.17, 15) is 0 Å². The van der Waals surface area contributed by atoms with Gasteiger partial charge in [0.05, 0.1) is 19.3 Å². The highest BCUT2D eigenvalue weighted by Gasteiger charge is 2.33. The average molecular weight is 280 g/mol. The molecule has 0 aliphatic heterocycles. The van der Waals surface area contributed by atoms with Gasteiger partial charge in [-0.2, -0.15) is 0 Å². The summed E-state index contributed by atoms with van der Waals surface area (Å²) in [5.41, 5.74) is 3.54. The third-order valence-electron chi connectivity index (χ3n) is 4.07. The van der Waals surface area contributed by atoms with E-state index in [0.29, 0.717) is 17.5 Å². The van der Waals surface area contributed by atoms with Gasteiger partial charge >= 0.3 is 0 Å². The van der Waals surface area contributed by atoms with Crippen molar-refractivity contribution < 1.29 is 9.47 Å². The van der Waals surface area contributed by atoms with E-state index in [1.54, 1.807) is 26.6 Å². The minimum Gasteiger partial charge on any atom is -0.480 e. The molecule has 1 aliphatic carbocycles. The summed E-state index contributed by atoms with van der Waals surface area (Å²) >= 11 is 0. The number of ether oxygens (including phenoxy) is 2. The minimum absolute atomic E-state index is 0.0223. The Balaban J connectivity index is 2.23. The molecular weight excluding hydrogens is 256 g/mol. The summed E-state index contributed by atoms with van der Waals surface area (Å²) in [4.78, 5) is 8.57. The van der Waals surface area contributed by atoms with E-state index in [1.807, 2.05) is 0 Å². The lowest BCUT2D eigenvalue weighted by Crippen LogP contribution is -2.42. The maximum atomic E-state index is 5.76. The highest BCUT2D eigenvalue weighted by molar-refractivity contribution is 5.22.